The first-order chi connectivity index (χ1) is 18.3. The summed E-state index contributed by atoms with van der Waals surface area (Å²) in [5.41, 5.74) is -2.29. The molecule has 14 nitrogen and oxygen atoms in total. The van der Waals surface area contributed by atoms with Crippen molar-refractivity contribution < 1.29 is 65.3 Å². The average Bonchev–Trinajstić information content (AvgIpc) is 3.53. The van der Waals surface area contributed by atoms with E-state index in [1.54, 1.807) is 0 Å². The summed E-state index contributed by atoms with van der Waals surface area (Å²) in [4.78, 5) is 78.3. The third-order valence-electron chi connectivity index (χ3n) is 6.91. The van der Waals surface area contributed by atoms with Gasteiger partial charge in [0.2, 0.25) is 5.91 Å². The first kappa shape index (κ1) is 30.9. The molecule has 4 amide bonds. The number of halogens is 4. The molecule has 0 bridgehead atoms. The molecule has 2 heterocycles. The van der Waals surface area contributed by atoms with Gasteiger partial charge in [0.15, 0.2) is 0 Å². The lowest BCUT2D eigenvalue weighted by molar-refractivity contribution is -0.139. The summed E-state index contributed by atoms with van der Waals surface area (Å²) in [6.07, 6.45) is -4.74. The summed E-state index contributed by atoms with van der Waals surface area (Å²) >= 11 is 5.77. The molecule has 40 heavy (non-hydrogen) atoms. The van der Waals surface area contributed by atoms with E-state index in [0.717, 1.165) is 12.1 Å². The summed E-state index contributed by atoms with van der Waals surface area (Å²) in [5.74, 6) is -2.19. The molecule has 2 aliphatic heterocycles. The van der Waals surface area contributed by atoms with Crippen molar-refractivity contribution in [1.29, 1.82) is 0 Å². The van der Waals surface area contributed by atoms with E-state index < -0.39 is 81.6 Å². The Labute approximate surface area is 229 Å². The SMILES string of the molecule is O=C(CCC1(C2CC2)C(=O)N(COP(=O)(O)O)C(=O)N1COP(=O)(O)O)N1Cc2cc(Cl)c(C(F)(F)F)cc2C1. The van der Waals surface area contributed by atoms with Crippen molar-refractivity contribution >= 4 is 45.1 Å². The van der Waals surface area contributed by atoms with Crippen LogP contribution in [0.3, 0.4) is 0 Å². The zero-order valence-corrected chi connectivity index (χ0v) is 22.8. The van der Waals surface area contributed by atoms with Crippen molar-refractivity contribution in [3.8, 4) is 0 Å². The smallest absolute Gasteiger partial charge is 0.334 e. The molecule has 3 aliphatic rings. The summed E-state index contributed by atoms with van der Waals surface area (Å²) in [6.45, 7) is -2.51. The summed E-state index contributed by atoms with van der Waals surface area (Å²) < 4.78 is 71.0. The first-order valence-electron chi connectivity index (χ1n) is 11.5. The van der Waals surface area contributed by atoms with Crippen molar-refractivity contribution in [2.45, 2.75) is 50.5 Å². The van der Waals surface area contributed by atoms with Gasteiger partial charge in [-0.25, -0.2) is 18.8 Å². The normalized spacial score (nSPS) is 21.9. The van der Waals surface area contributed by atoms with Crippen LogP contribution in [0.2, 0.25) is 5.02 Å². The lowest BCUT2D eigenvalue weighted by Gasteiger charge is -2.35. The Bertz CT molecular complexity index is 1330. The third kappa shape index (κ3) is 6.37. The van der Waals surface area contributed by atoms with Gasteiger partial charge in [0, 0.05) is 19.5 Å². The molecule has 1 aromatic carbocycles. The van der Waals surface area contributed by atoms with Gasteiger partial charge in [0.05, 0.1) is 10.6 Å². The van der Waals surface area contributed by atoms with Crippen LogP contribution in [-0.4, -0.2) is 71.1 Å². The molecule has 4 N–H and O–H groups in total. The minimum Gasteiger partial charge on any atom is -0.334 e. The predicted octanol–water partition coefficient (Wildman–Crippen LogP) is 2.53. The quantitative estimate of drug-likeness (QED) is 0.218. The number of urea groups is 1. The number of amides is 4. The average molecular weight is 636 g/mol. The Morgan fingerprint density at radius 2 is 1.57 bits per heavy atom. The molecule has 2 fully saturated rings. The van der Waals surface area contributed by atoms with Gasteiger partial charge >= 0.3 is 27.9 Å². The molecule has 1 aromatic rings. The molecule has 0 aromatic heterocycles. The largest absolute Gasteiger partial charge is 0.471 e. The molecule has 1 unspecified atom stereocenters. The van der Waals surface area contributed by atoms with Crippen molar-refractivity contribution in [2.24, 2.45) is 5.92 Å². The Kier molecular flexibility index (Phi) is 8.22. The molecule has 0 radical (unpaired) electrons. The van der Waals surface area contributed by atoms with E-state index in [1.165, 1.54) is 4.90 Å². The summed E-state index contributed by atoms with van der Waals surface area (Å²) in [6, 6.07) is 0.766. The number of hydrogen-bond acceptors (Lipinski definition) is 7. The van der Waals surface area contributed by atoms with Crippen molar-refractivity contribution in [2.75, 3.05) is 13.5 Å². The van der Waals surface area contributed by atoms with E-state index >= 15 is 0 Å². The number of phosphoric acid groups is 2. The Hall–Kier alpha value is -2.07. The fourth-order valence-corrected chi connectivity index (χ4v) is 5.80. The third-order valence-corrected chi connectivity index (χ3v) is 8.13. The predicted molar refractivity (Wildman–Crippen MR) is 125 cm³/mol. The van der Waals surface area contributed by atoms with E-state index in [1.807, 2.05) is 0 Å². The Morgan fingerprint density at radius 3 is 2.10 bits per heavy atom. The van der Waals surface area contributed by atoms with Gasteiger partial charge in [-0.1, -0.05) is 11.6 Å². The van der Waals surface area contributed by atoms with Crippen LogP contribution in [0.25, 0.3) is 0 Å². The number of nitrogens with zero attached hydrogens (tertiary/aromatic N) is 3. The fraction of sp³-hybridized carbons (Fsp3) is 0.550. The van der Waals surface area contributed by atoms with Crippen molar-refractivity contribution in [1.82, 2.24) is 14.7 Å². The highest BCUT2D eigenvalue weighted by Gasteiger charge is 2.64. The Morgan fingerprint density at radius 1 is 1.02 bits per heavy atom. The van der Waals surface area contributed by atoms with E-state index in [2.05, 4.69) is 9.05 Å². The van der Waals surface area contributed by atoms with Gasteiger partial charge in [0.25, 0.3) is 5.91 Å². The molecule has 20 heteroatoms. The summed E-state index contributed by atoms with van der Waals surface area (Å²) in [7, 11) is -10.3. The van der Waals surface area contributed by atoms with E-state index in [9.17, 15) is 36.7 Å². The number of imide groups is 1. The van der Waals surface area contributed by atoms with E-state index in [0.29, 0.717) is 28.2 Å². The minimum absolute atomic E-state index is 0.0669. The second-order valence-corrected chi connectivity index (χ2v) is 12.4. The van der Waals surface area contributed by atoms with Gasteiger partial charge < -0.3 is 24.5 Å². The molecule has 4 rings (SSSR count). The maximum Gasteiger partial charge on any atom is 0.471 e. The highest BCUT2D eigenvalue weighted by atomic mass is 35.5. The van der Waals surface area contributed by atoms with Gasteiger partial charge in [-0.3, -0.25) is 23.5 Å². The summed E-state index contributed by atoms with van der Waals surface area (Å²) in [5, 5.41) is -0.526. The second kappa shape index (κ2) is 10.6. The van der Waals surface area contributed by atoms with Crippen LogP contribution in [-0.2, 0) is 47.0 Å². The van der Waals surface area contributed by atoms with Gasteiger partial charge in [-0.2, -0.15) is 13.2 Å². The van der Waals surface area contributed by atoms with Crippen LogP contribution in [0.1, 0.15) is 42.4 Å². The van der Waals surface area contributed by atoms with Crippen LogP contribution in [0, 0.1) is 5.92 Å². The highest BCUT2D eigenvalue weighted by Crippen LogP contribution is 2.51. The number of fused-ring (bicyclic) bond motifs is 1. The molecule has 0 spiro atoms. The number of carbonyl (C=O) groups excluding carboxylic acids is 3. The number of rotatable bonds is 10. The topological polar surface area (TPSA) is 194 Å². The van der Waals surface area contributed by atoms with Crippen molar-refractivity contribution in [3.05, 3.63) is 33.8 Å². The van der Waals surface area contributed by atoms with Crippen LogP contribution in [0.15, 0.2) is 12.1 Å². The van der Waals surface area contributed by atoms with Gasteiger partial charge in [-0.15, -0.1) is 0 Å². The number of phosphoric ester groups is 2. The number of benzene rings is 1. The van der Waals surface area contributed by atoms with E-state index in [4.69, 9.17) is 31.2 Å². The second-order valence-electron chi connectivity index (χ2n) is 9.49. The van der Waals surface area contributed by atoms with Crippen LogP contribution >= 0.6 is 27.2 Å². The Balaban J connectivity index is 1.55. The number of alkyl halides is 3. The first-order valence-corrected chi connectivity index (χ1v) is 15.0. The lowest BCUT2D eigenvalue weighted by Crippen LogP contribution is -2.53. The lowest BCUT2D eigenvalue weighted by atomic mass is 9.86. The maximum absolute atomic E-state index is 13.5. The molecule has 1 saturated heterocycles. The van der Waals surface area contributed by atoms with Crippen LogP contribution < -0.4 is 0 Å². The van der Waals surface area contributed by atoms with E-state index in [-0.39, 0.29) is 25.1 Å². The van der Waals surface area contributed by atoms with Crippen LogP contribution in [0.5, 0.6) is 0 Å². The monoisotopic (exact) mass is 635 g/mol. The zero-order valence-electron chi connectivity index (χ0n) is 20.3. The zero-order chi connectivity index (χ0) is 29.8. The van der Waals surface area contributed by atoms with Gasteiger partial charge in [-0.05, 0) is 48.4 Å². The minimum atomic E-state index is -5.15. The molecule has 222 valence electrons. The molecular formula is C20H23ClF3N3O11P2. The highest BCUT2D eigenvalue weighted by molar-refractivity contribution is 7.46. The van der Waals surface area contributed by atoms with Crippen LogP contribution in [0.4, 0.5) is 18.0 Å². The molecule has 1 aliphatic carbocycles. The van der Waals surface area contributed by atoms with Crippen molar-refractivity contribution in [3.63, 3.8) is 0 Å². The molecular weight excluding hydrogens is 613 g/mol. The number of hydrogen-bond donors (Lipinski definition) is 4. The molecule has 1 atom stereocenters. The standard InChI is InChI=1S/C20H23ClF3N3O11P2/c21-15-6-12-8-25(7-11(12)5-14(15)20(22,23)24)16(28)3-4-19(13-1-2-13)17(29)26(9-37-39(31,32)33)18(30)27(19)10-38-40(34,35)36/h5-6,13H,1-4,7-10H2,(H2,31,32,33)(H2,34,35,36). The fourth-order valence-electron chi connectivity index (χ4n) is 4.97. The number of carbonyl (C=O) groups is 3. The molecule has 1 saturated carbocycles. The van der Waals surface area contributed by atoms with Gasteiger partial charge in [0.1, 0.15) is 19.0 Å². The maximum atomic E-state index is 13.5.